The van der Waals surface area contributed by atoms with Crippen LogP contribution < -0.4 is 0 Å². The Bertz CT molecular complexity index is 162. The summed E-state index contributed by atoms with van der Waals surface area (Å²) >= 11 is 0. The van der Waals surface area contributed by atoms with E-state index in [-0.39, 0.29) is 0 Å². The zero-order chi connectivity index (χ0) is 10.8. The van der Waals surface area contributed by atoms with E-state index in [0.717, 1.165) is 0 Å². The van der Waals surface area contributed by atoms with E-state index in [1.807, 2.05) is 0 Å². The lowest BCUT2D eigenvalue weighted by Crippen LogP contribution is -1.77. The number of rotatable bonds is 7. The van der Waals surface area contributed by atoms with Gasteiger partial charge in [-0.25, -0.2) is 0 Å². The lowest BCUT2D eigenvalue weighted by atomic mass is 10.1. The summed E-state index contributed by atoms with van der Waals surface area (Å²) in [5, 5.41) is 0. The van der Waals surface area contributed by atoms with Gasteiger partial charge in [-0.2, -0.15) is 0 Å². The van der Waals surface area contributed by atoms with Crippen molar-refractivity contribution in [2.75, 3.05) is 0 Å². The van der Waals surface area contributed by atoms with Crippen molar-refractivity contribution in [3.63, 3.8) is 0 Å². The van der Waals surface area contributed by atoms with Crippen molar-refractivity contribution in [1.29, 1.82) is 0 Å². The molecule has 0 aromatic rings. The molecule has 0 unspecified atom stereocenters. The first kappa shape index (κ1) is 13.5. The van der Waals surface area contributed by atoms with Crippen molar-refractivity contribution in [2.45, 2.75) is 66.2 Å². The van der Waals surface area contributed by atoms with Crippen LogP contribution in [-0.2, 0) is 0 Å². The van der Waals surface area contributed by atoms with Gasteiger partial charge in [-0.15, -0.1) is 0 Å². The zero-order valence-electron chi connectivity index (χ0n) is 10.4. The van der Waals surface area contributed by atoms with Crippen molar-refractivity contribution in [2.24, 2.45) is 0 Å². The second-order valence-corrected chi connectivity index (χ2v) is 4.09. The highest BCUT2D eigenvalue weighted by Crippen LogP contribution is 2.08. The van der Waals surface area contributed by atoms with Crippen LogP contribution in [0.2, 0.25) is 0 Å². The average molecular weight is 194 g/mol. The van der Waals surface area contributed by atoms with E-state index in [1.54, 1.807) is 0 Å². The smallest absolute Gasteiger partial charge is 0.0348 e. The molecule has 0 nitrogen and oxygen atoms in total. The SMILES string of the molecule is CCC(C)=CCCCCC=C(C)CC. The van der Waals surface area contributed by atoms with Crippen LogP contribution in [0.3, 0.4) is 0 Å². The van der Waals surface area contributed by atoms with Crippen molar-refractivity contribution < 1.29 is 0 Å². The van der Waals surface area contributed by atoms with E-state index in [9.17, 15) is 0 Å². The van der Waals surface area contributed by atoms with Gasteiger partial charge in [-0.1, -0.05) is 37.1 Å². The molecule has 0 atom stereocenters. The Morgan fingerprint density at radius 2 is 1.14 bits per heavy atom. The number of hydrogen-bond acceptors (Lipinski definition) is 0. The quantitative estimate of drug-likeness (QED) is 0.383. The molecular formula is C14H26. The predicted octanol–water partition coefficient (Wildman–Crippen LogP) is 5.26. The fraction of sp³-hybridized carbons (Fsp3) is 0.714. The van der Waals surface area contributed by atoms with Crippen LogP contribution in [0.1, 0.15) is 66.2 Å². The Balaban J connectivity index is 3.39. The third-order valence-electron chi connectivity index (χ3n) is 2.76. The molecule has 0 aliphatic heterocycles. The van der Waals surface area contributed by atoms with E-state index in [1.165, 1.54) is 49.7 Å². The fourth-order valence-electron chi connectivity index (χ4n) is 1.27. The fourth-order valence-corrected chi connectivity index (χ4v) is 1.27. The molecular weight excluding hydrogens is 168 g/mol. The molecule has 0 rings (SSSR count). The van der Waals surface area contributed by atoms with E-state index >= 15 is 0 Å². The Morgan fingerprint density at radius 1 is 0.786 bits per heavy atom. The minimum atomic E-state index is 1.20. The second kappa shape index (κ2) is 9.05. The first-order valence-corrected chi connectivity index (χ1v) is 6.02. The van der Waals surface area contributed by atoms with Gasteiger partial charge in [0.05, 0.1) is 0 Å². The molecule has 0 radical (unpaired) electrons. The van der Waals surface area contributed by atoms with Crippen molar-refractivity contribution in [3.8, 4) is 0 Å². The normalized spacial score (nSPS) is 13.4. The van der Waals surface area contributed by atoms with Gasteiger partial charge in [-0.05, 0) is 52.4 Å². The van der Waals surface area contributed by atoms with E-state index in [4.69, 9.17) is 0 Å². The molecule has 0 saturated carbocycles. The Labute approximate surface area is 90.1 Å². The molecule has 14 heavy (non-hydrogen) atoms. The third kappa shape index (κ3) is 8.10. The van der Waals surface area contributed by atoms with Gasteiger partial charge in [0, 0.05) is 0 Å². The van der Waals surface area contributed by atoms with Gasteiger partial charge in [0.15, 0.2) is 0 Å². The molecule has 0 aliphatic rings. The third-order valence-corrected chi connectivity index (χ3v) is 2.76. The summed E-state index contributed by atoms with van der Waals surface area (Å²) in [6.45, 7) is 8.89. The molecule has 0 spiro atoms. The standard InChI is InChI=1S/C14H26/c1-5-13(3)11-9-7-8-10-12-14(4)6-2/h11-12H,5-10H2,1-4H3. The maximum absolute atomic E-state index is 2.39. The van der Waals surface area contributed by atoms with Gasteiger partial charge >= 0.3 is 0 Å². The number of hydrogen-bond donors (Lipinski definition) is 0. The lowest BCUT2D eigenvalue weighted by Gasteiger charge is -1.98. The average Bonchev–Trinajstić information content (AvgIpc) is 2.22. The molecule has 82 valence electrons. The van der Waals surface area contributed by atoms with Crippen molar-refractivity contribution in [3.05, 3.63) is 23.3 Å². The molecule has 0 bridgehead atoms. The highest BCUT2D eigenvalue weighted by atomic mass is 13.9. The summed E-state index contributed by atoms with van der Waals surface area (Å²) in [4.78, 5) is 0. The van der Waals surface area contributed by atoms with Crippen LogP contribution in [0, 0.1) is 0 Å². The maximum atomic E-state index is 2.39. The minimum absolute atomic E-state index is 1.20. The topological polar surface area (TPSA) is 0 Å². The van der Waals surface area contributed by atoms with Gasteiger partial charge in [0.1, 0.15) is 0 Å². The van der Waals surface area contributed by atoms with Gasteiger partial charge in [0.25, 0.3) is 0 Å². The van der Waals surface area contributed by atoms with Gasteiger partial charge in [0.2, 0.25) is 0 Å². The highest BCUT2D eigenvalue weighted by molar-refractivity contribution is 4.97. The monoisotopic (exact) mass is 194 g/mol. The maximum Gasteiger partial charge on any atom is -0.0348 e. The van der Waals surface area contributed by atoms with Crippen LogP contribution >= 0.6 is 0 Å². The Kier molecular flexibility index (Phi) is 8.72. The van der Waals surface area contributed by atoms with Crippen LogP contribution in [0.5, 0.6) is 0 Å². The highest BCUT2D eigenvalue weighted by Gasteiger charge is 1.88. The second-order valence-electron chi connectivity index (χ2n) is 4.09. The largest absolute Gasteiger partial charge is 0.0856 e. The van der Waals surface area contributed by atoms with E-state index in [0.29, 0.717) is 0 Å². The summed E-state index contributed by atoms with van der Waals surface area (Å²) in [7, 11) is 0. The van der Waals surface area contributed by atoms with Crippen molar-refractivity contribution >= 4 is 0 Å². The molecule has 0 heterocycles. The molecule has 0 heteroatoms. The van der Waals surface area contributed by atoms with E-state index < -0.39 is 0 Å². The molecule has 0 amide bonds. The van der Waals surface area contributed by atoms with Crippen LogP contribution in [0.4, 0.5) is 0 Å². The molecule has 0 aromatic heterocycles. The van der Waals surface area contributed by atoms with Crippen molar-refractivity contribution in [1.82, 2.24) is 0 Å². The molecule has 0 N–H and O–H groups in total. The molecule has 0 saturated heterocycles. The summed E-state index contributed by atoms with van der Waals surface area (Å²) in [6, 6.07) is 0. The number of allylic oxidation sites excluding steroid dienone is 4. The molecule has 0 fully saturated rings. The van der Waals surface area contributed by atoms with Crippen LogP contribution in [0.15, 0.2) is 23.3 Å². The summed E-state index contributed by atoms with van der Waals surface area (Å²) < 4.78 is 0. The van der Waals surface area contributed by atoms with E-state index in [2.05, 4.69) is 39.8 Å². The first-order valence-electron chi connectivity index (χ1n) is 6.02. The Hall–Kier alpha value is -0.520. The summed E-state index contributed by atoms with van der Waals surface area (Å²) in [6.07, 6.45) is 12.4. The summed E-state index contributed by atoms with van der Waals surface area (Å²) in [5.74, 6) is 0. The van der Waals surface area contributed by atoms with Gasteiger partial charge < -0.3 is 0 Å². The minimum Gasteiger partial charge on any atom is -0.0856 e. The zero-order valence-corrected chi connectivity index (χ0v) is 10.4. The van der Waals surface area contributed by atoms with Crippen LogP contribution in [0.25, 0.3) is 0 Å². The molecule has 0 aliphatic carbocycles. The van der Waals surface area contributed by atoms with Crippen LogP contribution in [-0.4, -0.2) is 0 Å². The Morgan fingerprint density at radius 3 is 1.43 bits per heavy atom. The van der Waals surface area contributed by atoms with Gasteiger partial charge in [-0.3, -0.25) is 0 Å². The first-order chi connectivity index (χ1) is 6.70. The molecule has 0 aromatic carbocycles. The lowest BCUT2D eigenvalue weighted by molar-refractivity contribution is 0.753. The number of unbranched alkanes of at least 4 members (excludes halogenated alkanes) is 3. The predicted molar refractivity (Wildman–Crippen MR) is 66.6 cm³/mol. The summed E-state index contributed by atoms with van der Waals surface area (Å²) in [5.41, 5.74) is 3.07.